The first kappa shape index (κ1) is 27.1. The molecule has 1 aliphatic heterocycles. The molecule has 0 bridgehead atoms. The molecule has 3 aromatic carbocycles. The minimum atomic E-state index is -2.23. The van der Waals surface area contributed by atoms with E-state index in [9.17, 15) is 45.3 Å². The Morgan fingerprint density at radius 2 is 1.82 bits per heavy atom. The molecule has 6 atom stereocenters. The number of fused-ring (bicyclic) bond motifs is 3. The maximum Gasteiger partial charge on any atom is 0.190 e. The van der Waals surface area contributed by atoms with Gasteiger partial charge in [0, 0.05) is 52.8 Å². The zero-order valence-corrected chi connectivity index (χ0v) is 20.9. The standard InChI is InChI=1S/C27H29NO11/c1-10-22(32)14(28)5-17(38-10)39-15-7-27(37,16(31)9-30)6-13-19(15)26(36)21-20(24(13)34)23(33)12-4-2-3-11(8-29)18(12)25(21)35/h2-4,8,10,14-15,17,22,30,32-37H,5-7,9,28H2,1H3/t10-,14?,15-,17?,22?,27-/m0/s1. The lowest BCUT2D eigenvalue weighted by Gasteiger charge is -2.41. The molecule has 39 heavy (non-hydrogen) atoms. The Bertz CT molecular complexity index is 1490. The van der Waals surface area contributed by atoms with Gasteiger partial charge in [-0.3, -0.25) is 9.59 Å². The number of phenols is 4. The van der Waals surface area contributed by atoms with E-state index in [1.54, 1.807) is 6.92 Å². The van der Waals surface area contributed by atoms with Crippen LogP contribution in [0.15, 0.2) is 18.2 Å². The average Bonchev–Trinajstić information content (AvgIpc) is 2.90. The largest absolute Gasteiger partial charge is 0.507 e. The third-order valence-electron chi connectivity index (χ3n) is 7.82. The van der Waals surface area contributed by atoms with Crippen LogP contribution in [0.25, 0.3) is 21.5 Å². The molecule has 9 N–H and O–H groups in total. The highest BCUT2D eigenvalue weighted by atomic mass is 16.7. The van der Waals surface area contributed by atoms with Crippen LogP contribution < -0.4 is 5.73 Å². The molecule has 0 amide bonds. The molecule has 0 radical (unpaired) electrons. The van der Waals surface area contributed by atoms with Crippen molar-refractivity contribution in [3.63, 3.8) is 0 Å². The Hall–Kier alpha value is -3.52. The maximum atomic E-state index is 12.6. The monoisotopic (exact) mass is 543 g/mol. The Morgan fingerprint density at radius 1 is 1.13 bits per heavy atom. The van der Waals surface area contributed by atoms with Crippen LogP contribution in [-0.4, -0.2) is 84.6 Å². The van der Waals surface area contributed by atoms with E-state index in [0.29, 0.717) is 6.29 Å². The first-order chi connectivity index (χ1) is 18.4. The Morgan fingerprint density at radius 3 is 2.46 bits per heavy atom. The average molecular weight is 544 g/mol. The number of carbonyl (C=O) groups excluding carboxylic acids is 2. The van der Waals surface area contributed by atoms with Gasteiger partial charge in [-0.1, -0.05) is 18.2 Å². The number of hydrogen-bond acceptors (Lipinski definition) is 12. The maximum absolute atomic E-state index is 12.6. The quantitative estimate of drug-likeness (QED) is 0.127. The zero-order chi connectivity index (χ0) is 28.4. The summed E-state index contributed by atoms with van der Waals surface area (Å²) in [6.07, 6.45) is -4.63. The highest BCUT2D eigenvalue weighted by Gasteiger charge is 2.48. The second-order valence-electron chi connectivity index (χ2n) is 10.2. The SMILES string of the molecule is C[C@@H]1OC(O[C@H]2C[C@](O)(C(=O)CO)Cc3c2c(O)c2c(O)c4c(C=O)cccc4c(O)c2c3O)CC(N)C1O. The third kappa shape index (κ3) is 4.07. The Kier molecular flexibility index (Phi) is 6.66. The van der Waals surface area contributed by atoms with Gasteiger partial charge in [-0.15, -0.1) is 0 Å². The van der Waals surface area contributed by atoms with Gasteiger partial charge in [-0.25, -0.2) is 0 Å². The molecule has 12 heteroatoms. The topological polar surface area (TPSA) is 220 Å². The molecule has 12 nitrogen and oxygen atoms in total. The summed E-state index contributed by atoms with van der Waals surface area (Å²) in [6, 6.07) is 3.54. The van der Waals surface area contributed by atoms with E-state index in [0.717, 1.165) is 0 Å². The van der Waals surface area contributed by atoms with Crippen molar-refractivity contribution in [2.75, 3.05) is 6.61 Å². The van der Waals surface area contributed by atoms with Crippen molar-refractivity contribution >= 4 is 33.6 Å². The molecule has 2 aliphatic rings. The highest BCUT2D eigenvalue weighted by molar-refractivity contribution is 6.18. The van der Waals surface area contributed by atoms with Crippen LogP contribution in [0.4, 0.5) is 0 Å². The number of aromatic hydroxyl groups is 4. The first-order valence-corrected chi connectivity index (χ1v) is 12.4. The fourth-order valence-corrected chi connectivity index (χ4v) is 5.77. The number of Topliss-reactive ketones (excluding diaryl/α,β-unsaturated/α-hetero) is 1. The molecular weight excluding hydrogens is 514 g/mol. The molecule has 1 heterocycles. The number of carbonyl (C=O) groups is 2. The molecular formula is C27H29NO11. The predicted octanol–water partition coefficient (Wildman–Crippen LogP) is 0.747. The minimum Gasteiger partial charge on any atom is -0.507 e. The van der Waals surface area contributed by atoms with E-state index in [1.807, 2.05) is 0 Å². The second kappa shape index (κ2) is 9.59. The van der Waals surface area contributed by atoms with Crippen molar-refractivity contribution in [3.05, 3.63) is 34.9 Å². The van der Waals surface area contributed by atoms with Gasteiger partial charge in [0.2, 0.25) is 0 Å². The first-order valence-electron chi connectivity index (χ1n) is 12.4. The minimum absolute atomic E-state index is 0.0155. The summed E-state index contributed by atoms with van der Waals surface area (Å²) in [5, 5.41) is 75.3. The Balaban J connectivity index is 1.77. The number of ketones is 1. The molecule has 5 rings (SSSR count). The van der Waals surface area contributed by atoms with Gasteiger partial charge in [0.05, 0.1) is 29.1 Å². The number of nitrogens with two attached hydrogens (primary N) is 1. The number of hydrogen-bond donors (Lipinski definition) is 8. The van der Waals surface area contributed by atoms with Crippen molar-refractivity contribution in [2.45, 2.75) is 62.4 Å². The summed E-state index contributed by atoms with van der Waals surface area (Å²) in [5.74, 6) is -3.38. The lowest BCUT2D eigenvalue weighted by Crippen LogP contribution is -2.52. The van der Waals surface area contributed by atoms with Crippen molar-refractivity contribution in [2.24, 2.45) is 5.73 Å². The van der Waals surface area contributed by atoms with Crippen molar-refractivity contribution in [1.29, 1.82) is 0 Å². The Labute approximate surface area is 221 Å². The van der Waals surface area contributed by atoms with Crippen molar-refractivity contribution in [3.8, 4) is 23.0 Å². The number of aldehydes is 1. The smallest absolute Gasteiger partial charge is 0.190 e. The molecule has 3 unspecified atom stereocenters. The number of phenolic OH excluding ortho intramolecular Hbond substituents is 4. The van der Waals surface area contributed by atoms with Crippen LogP contribution >= 0.6 is 0 Å². The summed E-state index contributed by atoms with van der Waals surface area (Å²) >= 11 is 0. The summed E-state index contributed by atoms with van der Waals surface area (Å²) in [6.45, 7) is 0.561. The van der Waals surface area contributed by atoms with E-state index in [-0.39, 0.29) is 44.7 Å². The van der Waals surface area contributed by atoms with Crippen LogP contribution in [0, 0.1) is 0 Å². The lowest BCUT2D eigenvalue weighted by molar-refractivity contribution is -0.247. The van der Waals surface area contributed by atoms with Gasteiger partial charge < -0.3 is 51.0 Å². The van der Waals surface area contributed by atoms with Crippen LogP contribution in [-0.2, 0) is 20.7 Å². The summed E-state index contributed by atoms with van der Waals surface area (Å²) in [4.78, 5) is 24.3. The van der Waals surface area contributed by atoms with Crippen molar-refractivity contribution in [1.82, 2.24) is 0 Å². The highest BCUT2D eigenvalue weighted by Crippen LogP contribution is 2.56. The number of benzene rings is 3. The van der Waals surface area contributed by atoms with Gasteiger partial charge in [0.25, 0.3) is 0 Å². The molecule has 208 valence electrons. The molecule has 3 aromatic rings. The molecule has 1 saturated heterocycles. The van der Waals surface area contributed by atoms with E-state index in [2.05, 4.69) is 0 Å². The second-order valence-corrected chi connectivity index (χ2v) is 10.2. The summed E-state index contributed by atoms with van der Waals surface area (Å²) < 4.78 is 11.7. The normalized spacial score (nSPS) is 28.9. The van der Waals surface area contributed by atoms with Crippen LogP contribution in [0.3, 0.4) is 0 Å². The van der Waals surface area contributed by atoms with Gasteiger partial charge in [0.15, 0.2) is 18.4 Å². The van der Waals surface area contributed by atoms with Gasteiger partial charge in [0.1, 0.15) is 35.2 Å². The fraction of sp³-hybridized carbons (Fsp3) is 0.407. The molecule has 0 aromatic heterocycles. The number of rotatable bonds is 5. The molecule has 1 aliphatic carbocycles. The summed E-state index contributed by atoms with van der Waals surface area (Å²) in [7, 11) is 0. The van der Waals surface area contributed by atoms with Gasteiger partial charge >= 0.3 is 0 Å². The van der Waals surface area contributed by atoms with Crippen LogP contribution in [0.2, 0.25) is 0 Å². The number of aliphatic hydroxyl groups is 3. The van der Waals surface area contributed by atoms with Gasteiger partial charge in [-0.05, 0) is 6.92 Å². The van der Waals surface area contributed by atoms with E-state index in [4.69, 9.17) is 15.2 Å². The van der Waals surface area contributed by atoms with Gasteiger partial charge in [-0.2, -0.15) is 0 Å². The summed E-state index contributed by atoms with van der Waals surface area (Å²) in [5.41, 5.74) is 3.54. The van der Waals surface area contributed by atoms with E-state index in [1.165, 1.54) is 18.2 Å². The molecule has 1 fully saturated rings. The lowest BCUT2D eigenvalue weighted by atomic mass is 9.74. The van der Waals surface area contributed by atoms with Crippen molar-refractivity contribution < 1.29 is 54.8 Å². The van der Waals surface area contributed by atoms with Crippen LogP contribution in [0.5, 0.6) is 23.0 Å². The number of ether oxygens (including phenoxy) is 2. The van der Waals surface area contributed by atoms with E-state index < -0.39 is 84.5 Å². The predicted molar refractivity (Wildman–Crippen MR) is 136 cm³/mol. The van der Waals surface area contributed by atoms with E-state index >= 15 is 0 Å². The number of aliphatic hydroxyl groups excluding tert-OH is 2. The molecule has 0 spiro atoms. The molecule has 0 saturated carbocycles. The third-order valence-corrected chi connectivity index (χ3v) is 7.82. The zero-order valence-electron chi connectivity index (χ0n) is 20.9. The fourth-order valence-electron chi connectivity index (χ4n) is 5.77. The van der Waals surface area contributed by atoms with Crippen LogP contribution in [0.1, 0.15) is 47.4 Å².